The molecule has 3 aliphatic rings. The number of rotatable bonds is 6. The molecule has 3 saturated heterocycles. The van der Waals surface area contributed by atoms with Crippen LogP contribution in [0.5, 0.6) is 11.5 Å². The molecule has 1 N–H and O–H groups in total. The number of ether oxygens (including phenoxy) is 2. The first-order chi connectivity index (χ1) is 11.7. The summed E-state index contributed by atoms with van der Waals surface area (Å²) in [4.78, 5) is 17.0. The van der Waals surface area contributed by atoms with E-state index in [1.807, 2.05) is 18.2 Å². The lowest BCUT2D eigenvalue weighted by Gasteiger charge is -2.47. The molecular formula is C18H25N3O3. The first-order valence-electron chi connectivity index (χ1n) is 8.34. The number of hydrogen-bond acceptors (Lipinski definition) is 5. The highest BCUT2D eigenvalue weighted by molar-refractivity contribution is 5.91. The standard InChI is InChI=1S/C18H25N3O3/c1-23-16-5-3-14(11-17(16)24-2)4-6-18(22)19-12-15-13-20-7-9-21(15)10-8-20/h3-6,11,15H,7-10,12-13H2,1-2H3,(H,19,22)/b6-4+. The third-order valence-corrected chi connectivity index (χ3v) is 4.74. The summed E-state index contributed by atoms with van der Waals surface area (Å²) in [6.07, 6.45) is 3.35. The van der Waals surface area contributed by atoms with Crippen molar-refractivity contribution in [2.45, 2.75) is 6.04 Å². The zero-order valence-corrected chi connectivity index (χ0v) is 14.3. The van der Waals surface area contributed by atoms with Crippen LogP contribution in [0.3, 0.4) is 0 Å². The van der Waals surface area contributed by atoms with Crippen LogP contribution in [-0.2, 0) is 4.79 Å². The predicted molar refractivity (Wildman–Crippen MR) is 93.4 cm³/mol. The van der Waals surface area contributed by atoms with Gasteiger partial charge in [-0.05, 0) is 23.8 Å². The second-order valence-corrected chi connectivity index (χ2v) is 6.18. The van der Waals surface area contributed by atoms with Crippen LogP contribution in [0.1, 0.15) is 5.56 Å². The van der Waals surface area contributed by atoms with Crippen LogP contribution in [-0.4, -0.2) is 75.2 Å². The fourth-order valence-electron chi connectivity index (χ4n) is 3.32. The first kappa shape index (κ1) is 16.8. The minimum absolute atomic E-state index is 0.0672. The lowest BCUT2D eigenvalue weighted by atomic mass is 10.1. The number of nitrogens with zero attached hydrogens (tertiary/aromatic N) is 2. The molecule has 3 fully saturated rings. The average molecular weight is 331 g/mol. The Morgan fingerprint density at radius 2 is 1.96 bits per heavy atom. The van der Waals surface area contributed by atoms with E-state index in [-0.39, 0.29) is 5.91 Å². The molecule has 6 heteroatoms. The zero-order valence-electron chi connectivity index (χ0n) is 14.3. The fourth-order valence-corrected chi connectivity index (χ4v) is 3.32. The summed E-state index contributed by atoms with van der Waals surface area (Å²) >= 11 is 0. The van der Waals surface area contributed by atoms with Crippen molar-refractivity contribution in [2.75, 3.05) is 53.5 Å². The molecule has 3 aliphatic heterocycles. The van der Waals surface area contributed by atoms with E-state index in [0.717, 1.165) is 38.3 Å². The third kappa shape index (κ3) is 3.88. The van der Waals surface area contributed by atoms with Gasteiger partial charge in [0.05, 0.1) is 14.2 Å². The van der Waals surface area contributed by atoms with Gasteiger partial charge < -0.3 is 14.8 Å². The van der Waals surface area contributed by atoms with E-state index in [0.29, 0.717) is 24.1 Å². The van der Waals surface area contributed by atoms with E-state index in [9.17, 15) is 4.79 Å². The molecule has 1 aromatic carbocycles. The monoisotopic (exact) mass is 331 g/mol. The second-order valence-electron chi connectivity index (χ2n) is 6.18. The van der Waals surface area contributed by atoms with Crippen molar-refractivity contribution in [1.29, 1.82) is 0 Å². The van der Waals surface area contributed by atoms with Gasteiger partial charge in [0.2, 0.25) is 5.91 Å². The van der Waals surface area contributed by atoms with Crippen molar-refractivity contribution in [3.63, 3.8) is 0 Å². The van der Waals surface area contributed by atoms with Crippen LogP contribution in [0.15, 0.2) is 24.3 Å². The normalized spacial score (nSPS) is 25.7. The van der Waals surface area contributed by atoms with Crippen LogP contribution < -0.4 is 14.8 Å². The Morgan fingerprint density at radius 3 is 2.58 bits per heavy atom. The van der Waals surface area contributed by atoms with Gasteiger partial charge in [0, 0.05) is 51.4 Å². The van der Waals surface area contributed by atoms with Gasteiger partial charge in [-0.25, -0.2) is 0 Å². The predicted octanol–water partition coefficient (Wildman–Crippen LogP) is 0.833. The van der Waals surface area contributed by atoms with E-state index in [1.165, 1.54) is 0 Å². The van der Waals surface area contributed by atoms with Gasteiger partial charge in [-0.15, -0.1) is 0 Å². The van der Waals surface area contributed by atoms with Gasteiger partial charge >= 0.3 is 0 Å². The molecule has 0 aliphatic carbocycles. The summed E-state index contributed by atoms with van der Waals surface area (Å²) in [5, 5.41) is 3.01. The summed E-state index contributed by atoms with van der Waals surface area (Å²) in [6.45, 7) is 6.29. The molecule has 0 spiro atoms. The molecule has 1 atom stereocenters. The van der Waals surface area contributed by atoms with E-state index in [2.05, 4.69) is 15.1 Å². The maximum atomic E-state index is 12.1. The van der Waals surface area contributed by atoms with Crippen molar-refractivity contribution in [2.24, 2.45) is 0 Å². The molecule has 1 unspecified atom stereocenters. The number of nitrogens with one attached hydrogen (secondary N) is 1. The van der Waals surface area contributed by atoms with Gasteiger partial charge in [-0.1, -0.05) is 6.07 Å². The van der Waals surface area contributed by atoms with Crippen molar-refractivity contribution in [1.82, 2.24) is 15.1 Å². The molecule has 2 bridgehead atoms. The van der Waals surface area contributed by atoms with Crippen LogP contribution in [0, 0.1) is 0 Å². The maximum Gasteiger partial charge on any atom is 0.244 e. The summed E-state index contributed by atoms with van der Waals surface area (Å²) in [6, 6.07) is 6.01. The number of fused-ring (bicyclic) bond motifs is 3. The molecule has 24 heavy (non-hydrogen) atoms. The SMILES string of the molecule is COc1ccc(/C=C/C(=O)NCC2CN3CCN2CC3)cc1OC. The highest BCUT2D eigenvalue weighted by Gasteiger charge is 2.31. The largest absolute Gasteiger partial charge is 0.493 e. The van der Waals surface area contributed by atoms with E-state index in [4.69, 9.17) is 9.47 Å². The summed E-state index contributed by atoms with van der Waals surface area (Å²) in [5.74, 6) is 1.26. The summed E-state index contributed by atoms with van der Waals surface area (Å²) in [5.41, 5.74) is 0.898. The van der Waals surface area contributed by atoms with Crippen molar-refractivity contribution >= 4 is 12.0 Å². The van der Waals surface area contributed by atoms with Crippen LogP contribution in [0.2, 0.25) is 0 Å². The Labute approximate surface area is 143 Å². The molecule has 0 saturated carbocycles. The molecule has 130 valence electrons. The number of piperazine rings is 3. The van der Waals surface area contributed by atoms with Crippen molar-refractivity contribution in [3.05, 3.63) is 29.8 Å². The fraction of sp³-hybridized carbons (Fsp3) is 0.500. The lowest BCUT2D eigenvalue weighted by molar-refractivity contribution is -0.117. The Balaban J connectivity index is 1.52. The molecule has 1 aromatic rings. The van der Waals surface area contributed by atoms with Gasteiger partial charge in [0.25, 0.3) is 0 Å². The Kier molecular flexibility index (Phi) is 5.37. The average Bonchev–Trinajstić information content (AvgIpc) is 2.65. The molecular weight excluding hydrogens is 306 g/mol. The number of carbonyl (C=O) groups excluding carboxylic acids is 1. The highest BCUT2D eigenvalue weighted by atomic mass is 16.5. The topological polar surface area (TPSA) is 54.0 Å². The molecule has 0 radical (unpaired) electrons. The number of benzene rings is 1. The van der Waals surface area contributed by atoms with E-state index >= 15 is 0 Å². The van der Waals surface area contributed by atoms with E-state index in [1.54, 1.807) is 26.4 Å². The quantitative estimate of drug-likeness (QED) is 0.783. The first-order valence-corrected chi connectivity index (χ1v) is 8.34. The van der Waals surface area contributed by atoms with Crippen LogP contribution in [0.25, 0.3) is 6.08 Å². The van der Waals surface area contributed by atoms with E-state index < -0.39 is 0 Å². The summed E-state index contributed by atoms with van der Waals surface area (Å²) < 4.78 is 10.5. The zero-order chi connectivity index (χ0) is 16.9. The van der Waals surface area contributed by atoms with Crippen molar-refractivity contribution in [3.8, 4) is 11.5 Å². The van der Waals surface area contributed by atoms with Gasteiger partial charge in [-0.3, -0.25) is 14.6 Å². The van der Waals surface area contributed by atoms with Crippen molar-refractivity contribution < 1.29 is 14.3 Å². The minimum atomic E-state index is -0.0672. The second kappa shape index (κ2) is 7.68. The highest BCUT2D eigenvalue weighted by Crippen LogP contribution is 2.27. The molecule has 3 heterocycles. The Hall–Kier alpha value is -2.05. The number of hydrogen-bond donors (Lipinski definition) is 1. The molecule has 0 aromatic heterocycles. The number of methoxy groups -OCH3 is 2. The third-order valence-electron chi connectivity index (χ3n) is 4.74. The number of carbonyl (C=O) groups is 1. The molecule has 4 rings (SSSR count). The lowest BCUT2D eigenvalue weighted by Crippen LogP contribution is -2.63. The minimum Gasteiger partial charge on any atom is -0.493 e. The molecule has 6 nitrogen and oxygen atoms in total. The maximum absolute atomic E-state index is 12.1. The summed E-state index contributed by atoms with van der Waals surface area (Å²) in [7, 11) is 3.20. The van der Waals surface area contributed by atoms with Crippen LogP contribution in [0.4, 0.5) is 0 Å². The molecule has 1 amide bonds. The van der Waals surface area contributed by atoms with Gasteiger partial charge in [-0.2, -0.15) is 0 Å². The Bertz CT molecular complexity index is 610. The van der Waals surface area contributed by atoms with Gasteiger partial charge in [0.1, 0.15) is 0 Å². The number of amides is 1. The van der Waals surface area contributed by atoms with Gasteiger partial charge in [0.15, 0.2) is 11.5 Å². The van der Waals surface area contributed by atoms with Crippen LogP contribution >= 0.6 is 0 Å². The Morgan fingerprint density at radius 1 is 1.21 bits per heavy atom. The smallest absolute Gasteiger partial charge is 0.244 e.